The number of benzene rings is 1. The molecule has 0 bridgehead atoms. The average Bonchev–Trinajstić information content (AvgIpc) is 2.79. The number of unbranched alkanes of at least 4 members (excludes halogenated alkanes) is 1. The molecule has 0 aliphatic carbocycles. The number of hydrogen-bond donors (Lipinski definition) is 1. The van der Waals surface area contributed by atoms with Crippen molar-refractivity contribution < 1.29 is 4.74 Å². The quantitative estimate of drug-likeness (QED) is 0.710. The third-order valence-electron chi connectivity index (χ3n) is 3.58. The van der Waals surface area contributed by atoms with Gasteiger partial charge in [-0.25, -0.2) is 0 Å². The number of aryl methyl sites for hydroxylation is 1. The van der Waals surface area contributed by atoms with Gasteiger partial charge >= 0.3 is 0 Å². The van der Waals surface area contributed by atoms with Crippen LogP contribution >= 0.6 is 0 Å². The number of para-hydroxylation sites is 1. The summed E-state index contributed by atoms with van der Waals surface area (Å²) in [6.45, 7) is 8.98. The highest BCUT2D eigenvalue weighted by molar-refractivity contribution is 5.83. The Balaban J connectivity index is 1.71. The Kier molecular flexibility index (Phi) is 6.09. The molecule has 110 valence electrons. The minimum Gasteiger partial charge on any atom is -0.380 e. The minimum atomic E-state index is 0.811. The van der Waals surface area contributed by atoms with Crippen LogP contribution in [0.3, 0.4) is 0 Å². The molecule has 3 nitrogen and oxygen atoms in total. The monoisotopic (exact) mass is 274 g/mol. The van der Waals surface area contributed by atoms with Crippen LogP contribution in [-0.4, -0.2) is 30.9 Å². The third kappa shape index (κ3) is 4.09. The molecule has 20 heavy (non-hydrogen) atoms. The lowest BCUT2D eigenvalue weighted by atomic mass is 10.2. The SMILES string of the molecule is CCCCOCCNCCn1cc(C)c2ccccc21. The first-order valence-corrected chi connectivity index (χ1v) is 7.66. The summed E-state index contributed by atoms with van der Waals surface area (Å²) < 4.78 is 7.86. The van der Waals surface area contributed by atoms with Crippen LogP contribution in [0.25, 0.3) is 10.9 Å². The van der Waals surface area contributed by atoms with Crippen LogP contribution in [0.2, 0.25) is 0 Å². The van der Waals surface area contributed by atoms with Crippen molar-refractivity contribution in [1.82, 2.24) is 9.88 Å². The Morgan fingerprint density at radius 3 is 2.85 bits per heavy atom. The molecule has 2 rings (SSSR count). The van der Waals surface area contributed by atoms with E-state index in [4.69, 9.17) is 4.74 Å². The van der Waals surface area contributed by atoms with E-state index in [0.717, 1.165) is 39.3 Å². The summed E-state index contributed by atoms with van der Waals surface area (Å²) in [6, 6.07) is 8.59. The maximum Gasteiger partial charge on any atom is 0.0590 e. The van der Waals surface area contributed by atoms with Gasteiger partial charge in [-0.05, 0) is 25.0 Å². The Morgan fingerprint density at radius 1 is 1.15 bits per heavy atom. The summed E-state index contributed by atoms with van der Waals surface area (Å²) in [5.41, 5.74) is 2.68. The smallest absolute Gasteiger partial charge is 0.0590 e. The molecule has 0 saturated carbocycles. The highest BCUT2D eigenvalue weighted by Gasteiger charge is 2.03. The van der Waals surface area contributed by atoms with Crippen LogP contribution in [0.4, 0.5) is 0 Å². The maximum absolute atomic E-state index is 5.53. The Hall–Kier alpha value is -1.32. The Labute approximate surface area is 121 Å². The summed E-state index contributed by atoms with van der Waals surface area (Å²) in [7, 11) is 0. The summed E-state index contributed by atoms with van der Waals surface area (Å²) >= 11 is 0. The largest absolute Gasteiger partial charge is 0.380 e. The van der Waals surface area contributed by atoms with Gasteiger partial charge in [0.25, 0.3) is 0 Å². The van der Waals surface area contributed by atoms with Crippen LogP contribution in [0.5, 0.6) is 0 Å². The molecule has 3 heteroatoms. The van der Waals surface area contributed by atoms with E-state index < -0.39 is 0 Å². The Bertz CT molecular complexity index is 519. The number of nitrogens with zero attached hydrogens (tertiary/aromatic N) is 1. The van der Waals surface area contributed by atoms with E-state index in [-0.39, 0.29) is 0 Å². The van der Waals surface area contributed by atoms with Gasteiger partial charge < -0.3 is 14.6 Å². The standard InChI is InChI=1S/C17H26N2O/c1-3-4-12-20-13-10-18-9-11-19-14-15(2)16-7-5-6-8-17(16)19/h5-8,14,18H,3-4,9-13H2,1-2H3. The zero-order valence-electron chi connectivity index (χ0n) is 12.7. The van der Waals surface area contributed by atoms with E-state index in [1.165, 1.54) is 22.9 Å². The van der Waals surface area contributed by atoms with Crippen LogP contribution in [0.15, 0.2) is 30.5 Å². The van der Waals surface area contributed by atoms with Gasteiger partial charge in [-0.1, -0.05) is 31.5 Å². The lowest BCUT2D eigenvalue weighted by molar-refractivity contribution is 0.133. The predicted molar refractivity (Wildman–Crippen MR) is 85.3 cm³/mol. The zero-order chi connectivity index (χ0) is 14.2. The van der Waals surface area contributed by atoms with Gasteiger partial charge in [0.05, 0.1) is 6.61 Å². The number of nitrogens with one attached hydrogen (secondary N) is 1. The maximum atomic E-state index is 5.53. The van der Waals surface area contributed by atoms with Crippen molar-refractivity contribution in [3.63, 3.8) is 0 Å². The topological polar surface area (TPSA) is 26.2 Å². The minimum absolute atomic E-state index is 0.811. The molecule has 0 aliphatic rings. The van der Waals surface area contributed by atoms with E-state index in [9.17, 15) is 0 Å². The van der Waals surface area contributed by atoms with E-state index in [2.05, 4.69) is 54.2 Å². The fourth-order valence-electron chi connectivity index (χ4n) is 2.43. The fourth-order valence-corrected chi connectivity index (χ4v) is 2.43. The number of fused-ring (bicyclic) bond motifs is 1. The van der Waals surface area contributed by atoms with Gasteiger partial charge in [0, 0.05) is 43.3 Å². The first-order chi connectivity index (χ1) is 9.83. The molecule has 1 aromatic carbocycles. The molecule has 0 atom stereocenters. The van der Waals surface area contributed by atoms with Gasteiger partial charge in [0.2, 0.25) is 0 Å². The van der Waals surface area contributed by atoms with Crippen molar-refractivity contribution in [3.8, 4) is 0 Å². The normalized spacial score (nSPS) is 11.3. The second-order valence-electron chi connectivity index (χ2n) is 5.24. The first-order valence-electron chi connectivity index (χ1n) is 7.66. The molecule has 0 saturated heterocycles. The third-order valence-corrected chi connectivity index (χ3v) is 3.58. The molecular formula is C17H26N2O. The highest BCUT2D eigenvalue weighted by Crippen LogP contribution is 2.19. The summed E-state index contributed by atoms with van der Waals surface area (Å²) in [5, 5.41) is 4.80. The summed E-state index contributed by atoms with van der Waals surface area (Å²) in [5.74, 6) is 0. The number of ether oxygens (including phenoxy) is 1. The van der Waals surface area contributed by atoms with Crippen LogP contribution < -0.4 is 5.32 Å². The molecule has 0 fully saturated rings. The van der Waals surface area contributed by atoms with Gasteiger partial charge in [0.1, 0.15) is 0 Å². The second kappa shape index (κ2) is 8.08. The van der Waals surface area contributed by atoms with E-state index in [1.807, 2.05) is 0 Å². The number of hydrogen-bond acceptors (Lipinski definition) is 2. The van der Waals surface area contributed by atoms with Crippen molar-refractivity contribution in [2.75, 3.05) is 26.3 Å². The Morgan fingerprint density at radius 2 is 2.00 bits per heavy atom. The molecule has 1 N–H and O–H groups in total. The van der Waals surface area contributed by atoms with E-state index in [0.29, 0.717) is 0 Å². The van der Waals surface area contributed by atoms with Gasteiger partial charge in [-0.3, -0.25) is 0 Å². The zero-order valence-corrected chi connectivity index (χ0v) is 12.7. The van der Waals surface area contributed by atoms with Crippen molar-refractivity contribution in [2.24, 2.45) is 0 Å². The molecule has 0 spiro atoms. The molecule has 0 radical (unpaired) electrons. The lowest BCUT2D eigenvalue weighted by Gasteiger charge is -2.08. The molecule has 1 heterocycles. The van der Waals surface area contributed by atoms with Crippen LogP contribution in [0.1, 0.15) is 25.3 Å². The van der Waals surface area contributed by atoms with Gasteiger partial charge in [0.15, 0.2) is 0 Å². The van der Waals surface area contributed by atoms with Crippen molar-refractivity contribution in [3.05, 3.63) is 36.0 Å². The first kappa shape index (κ1) is 15.1. The molecule has 0 unspecified atom stereocenters. The number of rotatable bonds is 9. The highest BCUT2D eigenvalue weighted by atomic mass is 16.5. The fraction of sp³-hybridized carbons (Fsp3) is 0.529. The summed E-state index contributed by atoms with van der Waals surface area (Å²) in [6.07, 6.45) is 4.60. The van der Waals surface area contributed by atoms with E-state index >= 15 is 0 Å². The van der Waals surface area contributed by atoms with Crippen LogP contribution in [0, 0.1) is 6.92 Å². The summed E-state index contributed by atoms with van der Waals surface area (Å²) in [4.78, 5) is 0. The van der Waals surface area contributed by atoms with E-state index in [1.54, 1.807) is 0 Å². The van der Waals surface area contributed by atoms with Crippen molar-refractivity contribution in [1.29, 1.82) is 0 Å². The molecule has 1 aromatic heterocycles. The van der Waals surface area contributed by atoms with Gasteiger partial charge in [-0.15, -0.1) is 0 Å². The lowest BCUT2D eigenvalue weighted by Crippen LogP contribution is -2.24. The molecular weight excluding hydrogens is 248 g/mol. The average molecular weight is 274 g/mol. The number of aromatic nitrogens is 1. The van der Waals surface area contributed by atoms with Crippen molar-refractivity contribution >= 4 is 10.9 Å². The molecule has 0 amide bonds. The molecule has 2 aromatic rings. The molecule has 0 aliphatic heterocycles. The second-order valence-corrected chi connectivity index (χ2v) is 5.24. The van der Waals surface area contributed by atoms with Crippen molar-refractivity contribution in [2.45, 2.75) is 33.2 Å². The predicted octanol–water partition coefficient (Wildman–Crippen LogP) is 3.36. The van der Waals surface area contributed by atoms with Gasteiger partial charge in [-0.2, -0.15) is 0 Å². The van der Waals surface area contributed by atoms with Crippen LogP contribution in [-0.2, 0) is 11.3 Å².